The number of aliphatic hydroxyl groups is 1. The molecule has 0 saturated carbocycles. The molecule has 0 fully saturated rings. The van der Waals surface area contributed by atoms with Gasteiger partial charge < -0.3 is 19.4 Å². The number of aliphatic hydroxyl groups excluding tert-OH is 1. The van der Waals surface area contributed by atoms with Crippen LogP contribution >= 0.6 is 11.6 Å². The number of aromatic amines is 1. The first-order chi connectivity index (χ1) is 14.2. The Morgan fingerprint density at radius 3 is 2.59 bits per heavy atom. The predicted molar refractivity (Wildman–Crippen MR) is 120 cm³/mol. The van der Waals surface area contributed by atoms with Crippen LogP contribution in [-0.2, 0) is 6.54 Å². The van der Waals surface area contributed by atoms with Crippen LogP contribution in [0.25, 0.3) is 43.7 Å². The van der Waals surface area contributed by atoms with Crippen LogP contribution in [0.15, 0.2) is 60.9 Å². The van der Waals surface area contributed by atoms with E-state index in [1.165, 1.54) is 10.8 Å². The number of ether oxygens (including phenoxy) is 1. The molecular weight excluding hydrogens is 384 g/mol. The zero-order valence-corrected chi connectivity index (χ0v) is 16.8. The summed E-state index contributed by atoms with van der Waals surface area (Å²) in [6.45, 7) is 0.871. The van der Waals surface area contributed by atoms with Crippen LogP contribution in [0.3, 0.4) is 0 Å². The average Bonchev–Trinajstić information content (AvgIpc) is 3.34. The summed E-state index contributed by atoms with van der Waals surface area (Å²) in [4.78, 5) is 3.28. The Labute approximate surface area is 173 Å². The molecule has 3 aromatic carbocycles. The van der Waals surface area contributed by atoms with Crippen molar-refractivity contribution in [2.75, 3.05) is 13.7 Å². The number of benzene rings is 3. The van der Waals surface area contributed by atoms with Crippen LogP contribution in [0, 0.1) is 0 Å². The van der Waals surface area contributed by atoms with Gasteiger partial charge in [0, 0.05) is 63.7 Å². The fourth-order valence-electron chi connectivity index (χ4n) is 4.29. The molecular formula is C24H21ClN2O2. The standard InChI is InChI=1S/C24H21ClN2O2/c1-29-15-7-8-17-22(11-15)27(9-4-10-28)23-12-18(16-5-2-3-6-21(16)25)19-13-26-14-20(19)24(17)23/h2-3,5-8,11-14,26,28H,4,9-10H2,1H3. The van der Waals surface area contributed by atoms with E-state index in [0.29, 0.717) is 6.42 Å². The second-order valence-electron chi connectivity index (χ2n) is 7.19. The maximum atomic E-state index is 9.46. The first-order valence-corrected chi connectivity index (χ1v) is 10.1. The number of hydrogen-bond donors (Lipinski definition) is 2. The molecule has 2 aromatic heterocycles. The quantitative estimate of drug-likeness (QED) is 0.378. The molecule has 2 N–H and O–H groups in total. The number of fused-ring (bicyclic) bond motifs is 5. The lowest BCUT2D eigenvalue weighted by Gasteiger charge is -2.11. The van der Waals surface area contributed by atoms with Crippen LogP contribution in [0.1, 0.15) is 6.42 Å². The number of nitrogens with zero attached hydrogens (tertiary/aromatic N) is 1. The van der Waals surface area contributed by atoms with Crippen molar-refractivity contribution >= 4 is 44.2 Å². The van der Waals surface area contributed by atoms with Crippen molar-refractivity contribution in [3.05, 3.63) is 65.9 Å². The SMILES string of the molecule is COc1ccc2c3c4c[nH]cc4c(-c4ccccc4Cl)cc3n(CCCO)c2c1. The van der Waals surface area contributed by atoms with Crippen LogP contribution < -0.4 is 4.74 Å². The minimum atomic E-state index is 0.148. The number of aryl methyl sites for hydroxylation is 1. The molecule has 2 heterocycles. The Kier molecular flexibility index (Phi) is 4.46. The second kappa shape index (κ2) is 7.14. The number of rotatable bonds is 5. The minimum Gasteiger partial charge on any atom is -0.497 e. The van der Waals surface area contributed by atoms with Gasteiger partial charge in [0.1, 0.15) is 5.75 Å². The van der Waals surface area contributed by atoms with Crippen molar-refractivity contribution in [1.82, 2.24) is 9.55 Å². The second-order valence-corrected chi connectivity index (χ2v) is 7.60. The number of nitrogens with one attached hydrogen (secondary N) is 1. The lowest BCUT2D eigenvalue weighted by atomic mass is 9.97. The van der Waals surface area contributed by atoms with Crippen molar-refractivity contribution in [2.24, 2.45) is 0 Å². The Hall–Kier alpha value is -2.95. The van der Waals surface area contributed by atoms with Gasteiger partial charge in [0.25, 0.3) is 0 Å². The van der Waals surface area contributed by atoms with Gasteiger partial charge in [0.15, 0.2) is 0 Å². The van der Waals surface area contributed by atoms with E-state index in [2.05, 4.69) is 40.0 Å². The van der Waals surface area contributed by atoms with Gasteiger partial charge in [-0.3, -0.25) is 0 Å². The molecule has 0 aliphatic carbocycles. The Bertz CT molecular complexity index is 1350. The number of halogens is 1. The Morgan fingerprint density at radius 2 is 1.79 bits per heavy atom. The summed E-state index contributed by atoms with van der Waals surface area (Å²) in [7, 11) is 1.68. The van der Waals surface area contributed by atoms with E-state index in [0.717, 1.165) is 50.2 Å². The molecule has 0 amide bonds. The summed E-state index contributed by atoms with van der Waals surface area (Å²) in [5.74, 6) is 0.821. The van der Waals surface area contributed by atoms with E-state index in [1.807, 2.05) is 30.5 Å². The van der Waals surface area contributed by atoms with E-state index < -0.39 is 0 Å². The van der Waals surface area contributed by atoms with E-state index >= 15 is 0 Å². The highest BCUT2D eigenvalue weighted by atomic mass is 35.5. The fraction of sp³-hybridized carbons (Fsp3) is 0.167. The molecule has 0 aliphatic heterocycles. The highest BCUT2D eigenvalue weighted by Gasteiger charge is 2.18. The van der Waals surface area contributed by atoms with Gasteiger partial charge >= 0.3 is 0 Å². The Morgan fingerprint density at radius 1 is 0.966 bits per heavy atom. The number of methoxy groups -OCH3 is 1. The van der Waals surface area contributed by atoms with Crippen molar-refractivity contribution in [3.8, 4) is 16.9 Å². The summed E-state index contributed by atoms with van der Waals surface area (Å²) in [6.07, 6.45) is 4.77. The summed E-state index contributed by atoms with van der Waals surface area (Å²) >= 11 is 6.55. The zero-order chi connectivity index (χ0) is 20.0. The smallest absolute Gasteiger partial charge is 0.120 e. The minimum absolute atomic E-state index is 0.148. The average molecular weight is 405 g/mol. The summed E-state index contributed by atoms with van der Waals surface area (Å²) in [5, 5.41) is 14.9. The van der Waals surface area contributed by atoms with Crippen LogP contribution in [0.4, 0.5) is 0 Å². The summed E-state index contributed by atoms with van der Waals surface area (Å²) < 4.78 is 7.75. The van der Waals surface area contributed by atoms with E-state index in [1.54, 1.807) is 7.11 Å². The molecule has 0 atom stereocenters. The number of hydrogen-bond acceptors (Lipinski definition) is 2. The van der Waals surface area contributed by atoms with E-state index in [-0.39, 0.29) is 6.61 Å². The first kappa shape index (κ1) is 18.1. The maximum absolute atomic E-state index is 9.46. The highest BCUT2D eigenvalue weighted by Crippen LogP contribution is 2.42. The maximum Gasteiger partial charge on any atom is 0.120 e. The lowest BCUT2D eigenvalue weighted by molar-refractivity contribution is 0.281. The monoisotopic (exact) mass is 404 g/mol. The highest BCUT2D eigenvalue weighted by molar-refractivity contribution is 6.34. The molecule has 4 nitrogen and oxygen atoms in total. The Balaban J connectivity index is 1.93. The van der Waals surface area contributed by atoms with Crippen molar-refractivity contribution in [1.29, 1.82) is 0 Å². The number of H-pyrrole nitrogens is 1. The molecule has 0 saturated heterocycles. The van der Waals surface area contributed by atoms with Crippen molar-refractivity contribution in [3.63, 3.8) is 0 Å². The normalized spacial score (nSPS) is 11.7. The van der Waals surface area contributed by atoms with Crippen LogP contribution in [-0.4, -0.2) is 28.4 Å². The largest absolute Gasteiger partial charge is 0.497 e. The summed E-state index contributed by atoms with van der Waals surface area (Å²) in [6, 6.07) is 16.3. The van der Waals surface area contributed by atoms with Crippen LogP contribution in [0.5, 0.6) is 5.75 Å². The molecule has 0 aliphatic rings. The molecule has 5 rings (SSSR count). The van der Waals surface area contributed by atoms with Gasteiger partial charge in [-0.1, -0.05) is 29.8 Å². The predicted octanol–water partition coefficient (Wildman–Crippen LogP) is 5.99. The molecule has 0 spiro atoms. The lowest BCUT2D eigenvalue weighted by Crippen LogP contribution is -2.00. The third-order valence-corrected chi connectivity index (χ3v) is 5.93. The molecule has 146 valence electrons. The van der Waals surface area contributed by atoms with Gasteiger partial charge in [-0.2, -0.15) is 0 Å². The van der Waals surface area contributed by atoms with Gasteiger partial charge in [0.2, 0.25) is 0 Å². The third-order valence-electron chi connectivity index (χ3n) is 5.60. The van der Waals surface area contributed by atoms with Crippen LogP contribution in [0.2, 0.25) is 5.02 Å². The number of aromatic nitrogens is 2. The molecule has 0 unspecified atom stereocenters. The molecule has 29 heavy (non-hydrogen) atoms. The first-order valence-electron chi connectivity index (χ1n) is 9.68. The van der Waals surface area contributed by atoms with Crippen molar-refractivity contribution < 1.29 is 9.84 Å². The zero-order valence-electron chi connectivity index (χ0n) is 16.1. The molecule has 0 bridgehead atoms. The summed E-state index contributed by atoms with van der Waals surface area (Å²) in [5.41, 5.74) is 4.34. The fourth-order valence-corrected chi connectivity index (χ4v) is 4.53. The molecule has 0 radical (unpaired) electrons. The van der Waals surface area contributed by atoms with Gasteiger partial charge in [-0.15, -0.1) is 0 Å². The molecule has 5 aromatic rings. The van der Waals surface area contributed by atoms with Gasteiger partial charge in [0.05, 0.1) is 18.1 Å². The van der Waals surface area contributed by atoms with E-state index in [9.17, 15) is 5.11 Å². The molecule has 5 heteroatoms. The van der Waals surface area contributed by atoms with E-state index in [4.69, 9.17) is 16.3 Å². The topological polar surface area (TPSA) is 50.2 Å². The third kappa shape index (κ3) is 2.79. The van der Waals surface area contributed by atoms with Gasteiger partial charge in [-0.05, 0) is 36.2 Å². The van der Waals surface area contributed by atoms with Gasteiger partial charge in [-0.25, -0.2) is 0 Å². The van der Waals surface area contributed by atoms with Crippen molar-refractivity contribution in [2.45, 2.75) is 13.0 Å².